The molecule has 1 saturated heterocycles. The molecule has 2 rings (SSSR count). The van der Waals surface area contributed by atoms with Gasteiger partial charge in [-0.25, -0.2) is 0 Å². The number of carboxylic acid groups (broad SMARTS) is 1. The largest absolute Gasteiger partial charge is 0.480 e. The second-order valence-electron chi connectivity index (χ2n) is 4.75. The third-order valence-corrected chi connectivity index (χ3v) is 3.16. The Bertz CT molecular complexity index is 532. The fourth-order valence-electron chi connectivity index (χ4n) is 2.16. The summed E-state index contributed by atoms with van der Waals surface area (Å²) in [4.78, 5) is 37.4. The fourth-order valence-corrected chi connectivity index (χ4v) is 2.16. The Labute approximate surface area is 122 Å². The summed E-state index contributed by atoms with van der Waals surface area (Å²) in [5.74, 6) is -1.46. The third-order valence-electron chi connectivity index (χ3n) is 3.16. The van der Waals surface area contributed by atoms with E-state index in [9.17, 15) is 14.4 Å². The van der Waals surface area contributed by atoms with Gasteiger partial charge in [-0.05, 0) is 12.1 Å². The monoisotopic (exact) mass is 291 g/mol. The molecule has 1 aliphatic heterocycles. The van der Waals surface area contributed by atoms with Crippen molar-refractivity contribution >= 4 is 23.5 Å². The lowest BCUT2D eigenvalue weighted by Gasteiger charge is -2.30. The van der Waals surface area contributed by atoms with Gasteiger partial charge in [0.1, 0.15) is 6.54 Å². The summed E-state index contributed by atoms with van der Waals surface area (Å²) in [6, 6.07) is 8.88. The van der Waals surface area contributed by atoms with Crippen molar-refractivity contribution in [3.05, 3.63) is 30.3 Å². The van der Waals surface area contributed by atoms with Gasteiger partial charge in [0.25, 0.3) is 0 Å². The third kappa shape index (κ3) is 4.20. The quantitative estimate of drug-likeness (QED) is 0.766. The molecule has 1 heterocycles. The van der Waals surface area contributed by atoms with E-state index in [-0.39, 0.29) is 31.4 Å². The van der Waals surface area contributed by atoms with E-state index in [4.69, 9.17) is 5.11 Å². The average molecular weight is 291 g/mol. The summed E-state index contributed by atoms with van der Waals surface area (Å²) in [5.41, 5.74) is 0.662. The molecule has 2 amide bonds. The highest BCUT2D eigenvalue weighted by molar-refractivity contribution is 5.89. The van der Waals surface area contributed by atoms with Crippen LogP contribution in [0.4, 0.5) is 5.69 Å². The molecule has 0 unspecified atom stereocenters. The number of carboxylic acids is 1. The Morgan fingerprint density at radius 1 is 1.24 bits per heavy atom. The molecule has 0 saturated carbocycles. The molecule has 7 nitrogen and oxygen atoms in total. The Kier molecular flexibility index (Phi) is 4.76. The number of rotatable bonds is 5. The Morgan fingerprint density at radius 3 is 2.57 bits per heavy atom. The second kappa shape index (κ2) is 6.74. The normalized spacial score (nSPS) is 14.5. The maximum Gasteiger partial charge on any atom is 0.323 e. The summed E-state index contributed by atoms with van der Waals surface area (Å²) >= 11 is 0. The van der Waals surface area contributed by atoms with Crippen LogP contribution in [0.5, 0.6) is 0 Å². The number of aliphatic carboxylic acids is 1. The highest BCUT2D eigenvalue weighted by Gasteiger charge is 2.23. The average Bonchev–Trinajstić information content (AvgIpc) is 2.47. The first-order valence-electron chi connectivity index (χ1n) is 6.62. The topological polar surface area (TPSA) is 89.9 Å². The molecule has 0 atom stereocenters. The van der Waals surface area contributed by atoms with Crippen LogP contribution in [0.15, 0.2) is 30.3 Å². The summed E-state index contributed by atoms with van der Waals surface area (Å²) < 4.78 is 0. The number of carbonyl (C=O) groups excluding carboxylic acids is 2. The van der Waals surface area contributed by atoms with Crippen molar-refractivity contribution in [3.63, 3.8) is 0 Å². The zero-order chi connectivity index (χ0) is 15.2. The lowest BCUT2D eigenvalue weighted by Crippen LogP contribution is -2.52. The van der Waals surface area contributed by atoms with Crippen LogP contribution in [0.2, 0.25) is 0 Å². The fraction of sp³-hybridized carbons (Fsp3) is 0.357. The molecule has 0 bridgehead atoms. The van der Waals surface area contributed by atoms with Crippen LogP contribution in [0, 0.1) is 0 Å². The summed E-state index contributed by atoms with van der Waals surface area (Å²) in [6.45, 7) is 0.559. The number of anilines is 1. The highest BCUT2D eigenvalue weighted by Crippen LogP contribution is 2.13. The van der Waals surface area contributed by atoms with Gasteiger partial charge in [-0.1, -0.05) is 18.2 Å². The van der Waals surface area contributed by atoms with Gasteiger partial charge in [0, 0.05) is 18.8 Å². The first kappa shape index (κ1) is 14.8. The van der Waals surface area contributed by atoms with Crippen LogP contribution < -0.4 is 10.2 Å². The first-order chi connectivity index (χ1) is 10.1. The van der Waals surface area contributed by atoms with Gasteiger partial charge in [-0.2, -0.15) is 0 Å². The molecule has 1 aromatic carbocycles. The van der Waals surface area contributed by atoms with E-state index < -0.39 is 5.97 Å². The van der Waals surface area contributed by atoms with Crippen LogP contribution in [0.1, 0.15) is 0 Å². The Morgan fingerprint density at radius 2 is 1.95 bits per heavy atom. The molecular formula is C14H17N3O4. The predicted molar refractivity (Wildman–Crippen MR) is 75.9 cm³/mol. The lowest BCUT2D eigenvalue weighted by molar-refractivity contribution is -0.137. The van der Waals surface area contributed by atoms with Crippen molar-refractivity contribution in [2.45, 2.75) is 0 Å². The lowest BCUT2D eigenvalue weighted by atomic mass is 10.2. The Hall–Kier alpha value is -2.57. The van der Waals surface area contributed by atoms with Crippen molar-refractivity contribution in [1.29, 1.82) is 0 Å². The number of hydrogen-bond acceptors (Lipinski definition) is 4. The van der Waals surface area contributed by atoms with Crippen molar-refractivity contribution in [2.24, 2.45) is 0 Å². The van der Waals surface area contributed by atoms with Crippen molar-refractivity contribution < 1.29 is 19.5 Å². The van der Waals surface area contributed by atoms with E-state index >= 15 is 0 Å². The summed E-state index contributed by atoms with van der Waals surface area (Å²) in [7, 11) is 0. The van der Waals surface area contributed by atoms with Crippen LogP contribution >= 0.6 is 0 Å². The van der Waals surface area contributed by atoms with Crippen LogP contribution in [0.3, 0.4) is 0 Å². The highest BCUT2D eigenvalue weighted by atomic mass is 16.4. The number of carbonyl (C=O) groups is 3. The van der Waals surface area contributed by atoms with Crippen molar-refractivity contribution in [1.82, 2.24) is 10.2 Å². The van der Waals surface area contributed by atoms with Gasteiger partial charge in [0.15, 0.2) is 0 Å². The first-order valence-corrected chi connectivity index (χ1v) is 6.62. The summed E-state index contributed by atoms with van der Waals surface area (Å²) in [5, 5.41) is 11.6. The molecule has 0 spiro atoms. The number of para-hydroxylation sites is 1. The smallest absolute Gasteiger partial charge is 0.323 e. The number of hydrogen-bond donors (Lipinski definition) is 2. The van der Waals surface area contributed by atoms with E-state index in [1.54, 1.807) is 24.3 Å². The Balaban J connectivity index is 2.06. The molecule has 1 aliphatic rings. The SMILES string of the molecule is O=C(O)CN(CC(=O)N1CCNC(=O)C1)c1ccccc1. The maximum absolute atomic E-state index is 12.2. The van der Waals surface area contributed by atoms with E-state index in [2.05, 4.69) is 5.32 Å². The van der Waals surface area contributed by atoms with Crippen LogP contribution in [-0.4, -0.2) is 60.5 Å². The van der Waals surface area contributed by atoms with Crippen LogP contribution in [-0.2, 0) is 14.4 Å². The van der Waals surface area contributed by atoms with E-state index in [1.807, 2.05) is 6.07 Å². The minimum Gasteiger partial charge on any atom is -0.480 e. The molecule has 112 valence electrons. The standard InChI is InChI=1S/C14H17N3O4/c18-12-8-16(7-6-15-12)13(19)9-17(10-14(20)21)11-4-2-1-3-5-11/h1-5H,6-10H2,(H,15,18)(H,20,21). The number of nitrogens with zero attached hydrogens (tertiary/aromatic N) is 2. The molecule has 2 N–H and O–H groups in total. The van der Waals surface area contributed by atoms with E-state index in [0.29, 0.717) is 18.8 Å². The van der Waals surface area contributed by atoms with Gasteiger partial charge in [0.05, 0.1) is 13.1 Å². The zero-order valence-corrected chi connectivity index (χ0v) is 11.5. The molecular weight excluding hydrogens is 274 g/mol. The van der Waals surface area contributed by atoms with Crippen molar-refractivity contribution in [2.75, 3.05) is 37.6 Å². The van der Waals surface area contributed by atoms with E-state index in [1.165, 1.54) is 9.80 Å². The molecule has 1 aromatic rings. The van der Waals surface area contributed by atoms with Crippen molar-refractivity contribution in [3.8, 4) is 0 Å². The molecule has 0 aromatic heterocycles. The molecule has 7 heteroatoms. The number of benzene rings is 1. The number of nitrogens with one attached hydrogen (secondary N) is 1. The predicted octanol–water partition coefficient (Wildman–Crippen LogP) is -0.464. The number of amides is 2. The minimum absolute atomic E-state index is 0.0224. The van der Waals surface area contributed by atoms with Crippen LogP contribution in [0.25, 0.3) is 0 Å². The van der Waals surface area contributed by atoms with E-state index in [0.717, 1.165) is 0 Å². The maximum atomic E-state index is 12.2. The van der Waals surface area contributed by atoms with Gasteiger partial charge in [0.2, 0.25) is 11.8 Å². The molecule has 21 heavy (non-hydrogen) atoms. The summed E-state index contributed by atoms with van der Waals surface area (Å²) in [6.07, 6.45) is 0. The zero-order valence-electron chi connectivity index (χ0n) is 11.5. The minimum atomic E-state index is -1.01. The molecule has 0 radical (unpaired) electrons. The molecule has 1 fully saturated rings. The second-order valence-corrected chi connectivity index (χ2v) is 4.75. The van der Waals surface area contributed by atoms with Gasteiger partial charge < -0.3 is 20.2 Å². The van der Waals surface area contributed by atoms with Gasteiger partial charge in [-0.3, -0.25) is 14.4 Å². The van der Waals surface area contributed by atoms with Gasteiger partial charge >= 0.3 is 5.97 Å². The molecule has 0 aliphatic carbocycles. The number of piperazine rings is 1. The van der Waals surface area contributed by atoms with Gasteiger partial charge in [-0.15, -0.1) is 0 Å².